The third-order valence-electron chi connectivity index (χ3n) is 5.19. The van der Waals surface area contributed by atoms with Crippen molar-refractivity contribution >= 4 is 29.5 Å². The fraction of sp³-hybridized carbons (Fsp3) is 0.333. The van der Waals surface area contributed by atoms with Crippen LogP contribution in [-0.2, 0) is 11.0 Å². The van der Waals surface area contributed by atoms with Crippen molar-refractivity contribution in [2.45, 2.75) is 44.3 Å². The molecule has 4 nitrogen and oxygen atoms in total. The first-order chi connectivity index (χ1) is 17.3. The van der Waals surface area contributed by atoms with E-state index in [0.29, 0.717) is 23.8 Å². The molecule has 0 aliphatic heterocycles. The Morgan fingerprint density at radius 3 is 2.13 bits per heavy atom. The van der Waals surface area contributed by atoms with Crippen LogP contribution in [0.3, 0.4) is 0 Å². The second kappa shape index (κ2) is 11.7. The van der Waals surface area contributed by atoms with Crippen molar-refractivity contribution in [2.24, 2.45) is 0 Å². The number of rotatable bonds is 7. The number of aryl methyl sites for hydroxylation is 1. The lowest BCUT2D eigenvalue weighted by Crippen LogP contribution is -2.47. The SMILES string of the molecule is Cc1ccc(C(C=Cc2ccc(C(=O)NC(C)C(=O)NCC(F)(F)F)c(C(F)(F)F)c2)C(F)(F)F)cc1Cl. The normalized spacial score (nSPS) is 14.3. The van der Waals surface area contributed by atoms with Gasteiger partial charge in [-0.2, -0.15) is 39.5 Å². The Balaban J connectivity index is 2.34. The zero-order valence-electron chi connectivity index (χ0n) is 19.6. The van der Waals surface area contributed by atoms with Crippen LogP contribution in [-0.4, -0.2) is 36.8 Å². The number of hydrogen-bond acceptors (Lipinski definition) is 2. The Kier molecular flexibility index (Phi) is 9.52. The van der Waals surface area contributed by atoms with Gasteiger partial charge in [-0.05, 0) is 48.7 Å². The molecular weight excluding hydrogens is 555 g/mol. The Bertz CT molecular complexity index is 1200. The molecule has 0 bridgehead atoms. The lowest BCUT2D eigenvalue weighted by Gasteiger charge is -2.19. The Hall–Kier alpha value is -3.22. The van der Waals surface area contributed by atoms with E-state index >= 15 is 0 Å². The molecule has 2 rings (SSSR count). The average molecular weight is 575 g/mol. The molecule has 2 amide bonds. The quantitative estimate of drug-likeness (QED) is 0.357. The molecule has 2 N–H and O–H groups in total. The summed E-state index contributed by atoms with van der Waals surface area (Å²) in [5.41, 5.74) is -2.55. The van der Waals surface area contributed by atoms with Crippen LogP contribution in [0, 0.1) is 6.92 Å². The lowest BCUT2D eigenvalue weighted by molar-refractivity contribution is -0.139. The van der Waals surface area contributed by atoms with Gasteiger partial charge >= 0.3 is 18.5 Å². The van der Waals surface area contributed by atoms with Gasteiger partial charge in [-0.15, -0.1) is 0 Å². The standard InChI is InChI=1S/C24H20ClF9N2O2/c1-12-3-6-15(10-19(12)25)17(23(29,30)31)8-5-14-4-7-16(18(9-14)24(32,33)34)21(38)36-13(2)20(37)35-11-22(26,27)28/h3-10,13,17H,11H2,1-2H3,(H,35,37)(H,36,38). The molecule has 2 aromatic rings. The topological polar surface area (TPSA) is 58.2 Å². The number of alkyl halides is 9. The molecule has 0 saturated carbocycles. The maximum atomic E-state index is 13.7. The zero-order chi connectivity index (χ0) is 29.1. The molecule has 0 saturated heterocycles. The molecule has 0 spiro atoms. The van der Waals surface area contributed by atoms with Crippen molar-refractivity contribution in [3.8, 4) is 0 Å². The first-order valence-electron chi connectivity index (χ1n) is 10.7. The van der Waals surface area contributed by atoms with Gasteiger partial charge in [-0.3, -0.25) is 9.59 Å². The summed E-state index contributed by atoms with van der Waals surface area (Å²) >= 11 is 5.91. The van der Waals surface area contributed by atoms with E-state index in [2.05, 4.69) is 0 Å². The fourth-order valence-electron chi connectivity index (χ4n) is 3.20. The van der Waals surface area contributed by atoms with Gasteiger partial charge in [0.15, 0.2) is 0 Å². The minimum absolute atomic E-state index is 0.0705. The van der Waals surface area contributed by atoms with Gasteiger partial charge in [0.05, 0.1) is 17.0 Å². The highest BCUT2D eigenvalue weighted by atomic mass is 35.5. The van der Waals surface area contributed by atoms with Crippen molar-refractivity contribution in [2.75, 3.05) is 6.54 Å². The second-order valence-corrected chi connectivity index (χ2v) is 8.63. The Morgan fingerprint density at radius 1 is 0.974 bits per heavy atom. The van der Waals surface area contributed by atoms with Gasteiger partial charge in [0, 0.05) is 5.02 Å². The molecule has 0 heterocycles. The minimum atomic E-state index is -5.13. The van der Waals surface area contributed by atoms with Crippen LogP contribution in [0.15, 0.2) is 42.5 Å². The zero-order valence-corrected chi connectivity index (χ0v) is 20.3. The number of allylic oxidation sites excluding steroid dienone is 1. The van der Waals surface area contributed by atoms with E-state index in [1.54, 1.807) is 6.92 Å². The van der Waals surface area contributed by atoms with Crippen LogP contribution < -0.4 is 10.6 Å². The van der Waals surface area contributed by atoms with Gasteiger partial charge in [0.25, 0.3) is 5.91 Å². The monoisotopic (exact) mass is 574 g/mol. The molecule has 0 aromatic heterocycles. The molecular formula is C24H20ClF9N2O2. The Labute approximate surface area is 215 Å². The summed E-state index contributed by atoms with van der Waals surface area (Å²) in [6, 6.07) is 4.09. The smallest absolute Gasteiger partial charge is 0.345 e. The van der Waals surface area contributed by atoms with Crippen LogP contribution in [0.5, 0.6) is 0 Å². The van der Waals surface area contributed by atoms with Crippen molar-refractivity contribution in [1.29, 1.82) is 0 Å². The van der Waals surface area contributed by atoms with Gasteiger partial charge in [0.2, 0.25) is 5.91 Å². The molecule has 0 aliphatic rings. The molecule has 0 aliphatic carbocycles. The van der Waals surface area contributed by atoms with Crippen LogP contribution >= 0.6 is 11.6 Å². The number of amides is 2. The highest BCUT2D eigenvalue weighted by Crippen LogP contribution is 2.38. The van der Waals surface area contributed by atoms with E-state index in [-0.39, 0.29) is 16.1 Å². The molecule has 2 atom stereocenters. The van der Waals surface area contributed by atoms with Crippen molar-refractivity contribution < 1.29 is 49.1 Å². The number of halogens is 10. The molecule has 2 aromatic carbocycles. The maximum absolute atomic E-state index is 13.7. The Morgan fingerprint density at radius 2 is 1.61 bits per heavy atom. The number of carbonyl (C=O) groups excluding carboxylic acids is 2. The first kappa shape index (κ1) is 31.0. The van der Waals surface area contributed by atoms with Crippen LogP contribution in [0.1, 0.15) is 45.5 Å². The summed E-state index contributed by atoms with van der Waals surface area (Å²) < 4.78 is 119. The third-order valence-corrected chi connectivity index (χ3v) is 5.59. The summed E-state index contributed by atoms with van der Waals surface area (Å²) in [4.78, 5) is 24.1. The van der Waals surface area contributed by atoms with E-state index in [1.165, 1.54) is 17.4 Å². The van der Waals surface area contributed by atoms with Crippen molar-refractivity contribution in [3.05, 3.63) is 75.3 Å². The predicted molar refractivity (Wildman–Crippen MR) is 121 cm³/mol. The van der Waals surface area contributed by atoms with Crippen LogP contribution in [0.25, 0.3) is 6.08 Å². The van der Waals surface area contributed by atoms with Gasteiger partial charge in [-0.25, -0.2) is 0 Å². The average Bonchev–Trinajstić information content (AvgIpc) is 2.77. The minimum Gasteiger partial charge on any atom is -0.345 e. The largest absolute Gasteiger partial charge is 0.417 e. The summed E-state index contributed by atoms with van der Waals surface area (Å²) in [5.74, 6) is -4.92. The van der Waals surface area contributed by atoms with Gasteiger partial charge in [-0.1, -0.05) is 42.0 Å². The summed E-state index contributed by atoms with van der Waals surface area (Å²) in [6.07, 6.45) is -13.2. The van der Waals surface area contributed by atoms with Gasteiger partial charge < -0.3 is 10.6 Å². The highest BCUT2D eigenvalue weighted by Gasteiger charge is 2.39. The number of benzene rings is 2. The number of nitrogens with one attached hydrogen (secondary N) is 2. The third kappa shape index (κ3) is 8.67. The molecule has 208 valence electrons. The first-order valence-corrected chi connectivity index (χ1v) is 11.0. The maximum Gasteiger partial charge on any atom is 0.417 e. The molecule has 0 fully saturated rings. The highest BCUT2D eigenvalue weighted by molar-refractivity contribution is 6.31. The van der Waals surface area contributed by atoms with Crippen molar-refractivity contribution in [1.82, 2.24) is 10.6 Å². The van der Waals surface area contributed by atoms with E-state index in [9.17, 15) is 49.1 Å². The van der Waals surface area contributed by atoms with E-state index in [4.69, 9.17) is 11.6 Å². The van der Waals surface area contributed by atoms with E-state index in [0.717, 1.165) is 25.1 Å². The fourth-order valence-corrected chi connectivity index (χ4v) is 3.39. The summed E-state index contributed by atoms with van der Waals surface area (Å²) in [6.45, 7) is 0.827. The predicted octanol–water partition coefficient (Wildman–Crippen LogP) is 6.82. The summed E-state index contributed by atoms with van der Waals surface area (Å²) in [5, 5.41) is 3.42. The molecule has 0 radical (unpaired) electrons. The van der Waals surface area contributed by atoms with Crippen LogP contribution in [0.2, 0.25) is 5.02 Å². The molecule has 38 heavy (non-hydrogen) atoms. The number of hydrogen-bond donors (Lipinski definition) is 2. The lowest BCUT2D eigenvalue weighted by atomic mass is 9.95. The number of carbonyl (C=O) groups is 2. The summed E-state index contributed by atoms with van der Waals surface area (Å²) in [7, 11) is 0. The van der Waals surface area contributed by atoms with Crippen LogP contribution in [0.4, 0.5) is 39.5 Å². The molecule has 2 unspecified atom stereocenters. The van der Waals surface area contributed by atoms with E-state index < -0.39 is 60.0 Å². The molecule has 14 heteroatoms. The van der Waals surface area contributed by atoms with Crippen molar-refractivity contribution in [3.63, 3.8) is 0 Å². The second-order valence-electron chi connectivity index (χ2n) is 8.22. The van der Waals surface area contributed by atoms with E-state index in [1.807, 2.05) is 5.32 Å². The van der Waals surface area contributed by atoms with Gasteiger partial charge in [0.1, 0.15) is 12.6 Å².